The molecule has 1 aliphatic rings. The van der Waals surface area contributed by atoms with Gasteiger partial charge in [-0.2, -0.15) is 0 Å². The topological polar surface area (TPSA) is 52.6 Å². The molecule has 66 valence electrons. The van der Waals surface area contributed by atoms with Gasteiger partial charge in [-0.05, 0) is 0 Å². The van der Waals surface area contributed by atoms with E-state index in [9.17, 15) is 9.59 Å². The third-order valence-corrected chi connectivity index (χ3v) is 1.47. The van der Waals surface area contributed by atoms with Gasteiger partial charge in [-0.25, -0.2) is 0 Å². The summed E-state index contributed by atoms with van der Waals surface area (Å²) in [5, 5.41) is -0.355. The van der Waals surface area contributed by atoms with Gasteiger partial charge in [0.1, 0.15) is 6.42 Å². The quantitative estimate of drug-likeness (QED) is 0.397. The van der Waals surface area contributed by atoms with Crippen molar-refractivity contribution in [2.24, 2.45) is 0 Å². The zero-order valence-electron chi connectivity index (χ0n) is 7.42. The summed E-state index contributed by atoms with van der Waals surface area (Å²) in [6, 6.07) is 0. The van der Waals surface area contributed by atoms with Crippen molar-refractivity contribution in [2.45, 2.75) is 32.5 Å². The molecule has 0 aromatic heterocycles. The Morgan fingerprint density at radius 2 is 1.58 bits per heavy atom. The first kappa shape index (κ1) is 9.10. The molecule has 0 radical (unpaired) electrons. The Kier molecular flexibility index (Phi) is 2.13. The van der Waals surface area contributed by atoms with Crippen molar-refractivity contribution in [2.75, 3.05) is 0 Å². The fourth-order valence-electron chi connectivity index (χ4n) is 0.818. The maximum Gasteiger partial charge on any atom is 0.604 e. The molecule has 0 spiro atoms. The van der Waals surface area contributed by atoms with Crippen LogP contribution in [0.15, 0.2) is 0 Å². The maximum atomic E-state index is 10.8. The van der Waals surface area contributed by atoms with Crippen LogP contribution in [0.3, 0.4) is 0 Å². The monoisotopic (exact) mass is 170 g/mol. The predicted octanol–water partition coefficient (Wildman–Crippen LogP) is 0.765. The zero-order chi connectivity index (χ0) is 9.35. The summed E-state index contributed by atoms with van der Waals surface area (Å²) < 4.78 is 9.68. The minimum atomic E-state index is -0.744. The second-order valence-corrected chi connectivity index (χ2v) is 3.85. The van der Waals surface area contributed by atoms with Gasteiger partial charge in [0.05, 0.1) is 0 Å². The lowest BCUT2D eigenvalue weighted by Crippen LogP contribution is -2.42. The highest BCUT2D eigenvalue weighted by Gasteiger charge is 2.44. The van der Waals surface area contributed by atoms with E-state index in [0.29, 0.717) is 0 Å². The van der Waals surface area contributed by atoms with Gasteiger partial charge in [-0.15, -0.1) is 0 Å². The lowest BCUT2D eigenvalue weighted by atomic mass is 9.60. The van der Waals surface area contributed by atoms with Gasteiger partial charge >= 0.3 is 19.1 Å². The van der Waals surface area contributed by atoms with Crippen LogP contribution in [-0.4, -0.2) is 19.1 Å². The Morgan fingerprint density at radius 1 is 1.17 bits per heavy atom. The maximum absolute atomic E-state index is 10.8. The van der Waals surface area contributed by atoms with Crippen LogP contribution in [0.5, 0.6) is 0 Å². The van der Waals surface area contributed by atoms with Crippen molar-refractivity contribution in [3.05, 3.63) is 0 Å². The van der Waals surface area contributed by atoms with E-state index in [-0.39, 0.29) is 11.7 Å². The molecule has 0 unspecified atom stereocenters. The van der Waals surface area contributed by atoms with E-state index in [1.165, 1.54) is 0 Å². The van der Waals surface area contributed by atoms with Gasteiger partial charge in [0.2, 0.25) is 0 Å². The Balaban J connectivity index is 2.68. The normalized spacial score (nSPS) is 18.8. The number of hydrogen-bond donors (Lipinski definition) is 0. The van der Waals surface area contributed by atoms with Crippen LogP contribution in [0.25, 0.3) is 0 Å². The minimum Gasteiger partial charge on any atom is -0.498 e. The summed E-state index contributed by atoms with van der Waals surface area (Å²) in [6.45, 7) is 5.51. The fourth-order valence-corrected chi connectivity index (χ4v) is 0.818. The summed E-state index contributed by atoms with van der Waals surface area (Å²) in [5.74, 6) is -1.02. The number of carbonyl (C=O) groups is 2. The first-order valence-electron chi connectivity index (χ1n) is 3.78. The van der Waals surface area contributed by atoms with Gasteiger partial charge < -0.3 is 9.31 Å². The van der Waals surface area contributed by atoms with Crippen LogP contribution < -0.4 is 0 Å². The molecule has 1 rings (SSSR count). The third-order valence-electron chi connectivity index (χ3n) is 1.47. The molecule has 0 aliphatic carbocycles. The van der Waals surface area contributed by atoms with E-state index >= 15 is 0 Å². The van der Waals surface area contributed by atoms with Gasteiger partial charge in [-0.3, -0.25) is 9.59 Å². The van der Waals surface area contributed by atoms with Crippen molar-refractivity contribution in [3.8, 4) is 0 Å². The molecule has 0 atom stereocenters. The number of carbonyl (C=O) groups excluding carboxylic acids is 2. The third kappa shape index (κ3) is 2.00. The van der Waals surface area contributed by atoms with Crippen molar-refractivity contribution in [3.63, 3.8) is 0 Å². The average Bonchev–Trinajstić information content (AvgIpc) is 1.82. The Bertz CT molecular complexity index is 202. The van der Waals surface area contributed by atoms with Gasteiger partial charge in [0.25, 0.3) is 0 Å². The summed E-state index contributed by atoms with van der Waals surface area (Å²) in [6.07, 6.45) is -0.271. The second kappa shape index (κ2) is 2.81. The first-order chi connectivity index (χ1) is 5.39. The molecule has 0 aromatic rings. The average molecular weight is 170 g/mol. The Morgan fingerprint density at radius 3 is 1.92 bits per heavy atom. The Labute approximate surface area is 71.4 Å². The minimum absolute atomic E-state index is 0.271. The molecule has 4 nitrogen and oxygen atoms in total. The van der Waals surface area contributed by atoms with Crippen molar-refractivity contribution >= 4 is 19.1 Å². The largest absolute Gasteiger partial charge is 0.604 e. The summed E-state index contributed by atoms with van der Waals surface area (Å²) in [4.78, 5) is 21.6. The van der Waals surface area contributed by atoms with Gasteiger partial charge in [0, 0.05) is 5.31 Å². The van der Waals surface area contributed by atoms with E-state index in [1.54, 1.807) is 0 Å². The van der Waals surface area contributed by atoms with Crippen molar-refractivity contribution < 1.29 is 18.9 Å². The van der Waals surface area contributed by atoms with Crippen molar-refractivity contribution in [1.82, 2.24) is 0 Å². The molecule has 12 heavy (non-hydrogen) atoms. The van der Waals surface area contributed by atoms with Crippen LogP contribution in [0.2, 0.25) is 5.31 Å². The second-order valence-electron chi connectivity index (χ2n) is 3.85. The molecular weight excluding hydrogens is 159 g/mol. The molecule has 0 saturated carbocycles. The van der Waals surface area contributed by atoms with E-state index in [4.69, 9.17) is 9.31 Å². The van der Waals surface area contributed by atoms with E-state index < -0.39 is 19.1 Å². The summed E-state index contributed by atoms with van der Waals surface area (Å²) >= 11 is 0. The lowest BCUT2D eigenvalue weighted by molar-refractivity contribution is -0.152. The molecule has 1 saturated heterocycles. The SMILES string of the molecule is CC(C)(C)B1OC(=O)CC(=O)O1. The van der Waals surface area contributed by atoms with Gasteiger partial charge in [0.15, 0.2) is 0 Å². The van der Waals surface area contributed by atoms with E-state index in [0.717, 1.165) is 0 Å². The predicted molar refractivity (Wildman–Crippen MR) is 42.3 cm³/mol. The fraction of sp³-hybridized carbons (Fsp3) is 0.714. The Hall–Kier alpha value is -0.995. The molecule has 1 heterocycles. The summed E-state index contributed by atoms with van der Waals surface area (Å²) in [7, 11) is -0.744. The van der Waals surface area contributed by atoms with Crippen LogP contribution in [0.1, 0.15) is 27.2 Å². The standard InChI is InChI=1S/C7H11BO4/c1-7(2,3)8-11-5(9)4-6(10)12-8/h4H2,1-3H3. The summed E-state index contributed by atoms with van der Waals surface area (Å²) in [5.41, 5.74) is 0. The van der Waals surface area contributed by atoms with E-state index in [1.807, 2.05) is 20.8 Å². The molecule has 5 heteroatoms. The molecule has 0 bridgehead atoms. The molecule has 0 aromatic carbocycles. The van der Waals surface area contributed by atoms with Gasteiger partial charge in [-0.1, -0.05) is 20.8 Å². The molecule has 0 N–H and O–H groups in total. The molecule has 1 aliphatic heterocycles. The highest BCUT2D eigenvalue weighted by Crippen LogP contribution is 2.30. The van der Waals surface area contributed by atoms with Crippen LogP contribution in [0, 0.1) is 0 Å². The van der Waals surface area contributed by atoms with Crippen LogP contribution >= 0.6 is 0 Å². The molecular formula is C7H11BO4. The lowest BCUT2D eigenvalue weighted by Gasteiger charge is -2.27. The first-order valence-corrected chi connectivity index (χ1v) is 3.78. The smallest absolute Gasteiger partial charge is 0.498 e. The molecule has 1 fully saturated rings. The highest BCUT2D eigenvalue weighted by atomic mass is 16.7. The van der Waals surface area contributed by atoms with Crippen LogP contribution in [-0.2, 0) is 18.9 Å². The number of rotatable bonds is 0. The number of hydrogen-bond acceptors (Lipinski definition) is 4. The van der Waals surface area contributed by atoms with E-state index in [2.05, 4.69) is 0 Å². The molecule has 0 amide bonds. The zero-order valence-corrected chi connectivity index (χ0v) is 7.42. The van der Waals surface area contributed by atoms with Crippen LogP contribution in [0.4, 0.5) is 0 Å². The highest BCUT2D eigenvalue weighted by molar-refractivity contribution is 6.53. The van der Waals surface area contributed by atoms with Crippen molar-refractivity contribution in [1.29, 1.82) is 0 Å².